The standard InChI is InChI=1S/C27H30N2O/c1-2-6-23(7-3-1)24-12-10-22(11-13-24)20-30-21-27(29-16-14-28-15-17-29)18-25-8-4-5-9-26(25)19-27/h1-13,28H,14-21H2. The van der Waals surface area contributed by atoms with Crippen molar-refractivity contribution in [2.45, 2.75) is 25.0 Å². The van der Waals surface area contributed by atoms with E-state index in [1.165, 1.54) is 27.8 Å². The largest absolute Gasteiger partial charge is 0.375 e. The van der Waals surface area contributed by atoms with Crippen molar-refractivity contribution in [2.24, 2.45) is 0 Å². The van der Waals surface area contributed by atoms with Gasteiger partial charge >= 0.3 is 0 Å². The predicted octanol–water partition coefficient (Wildman–Crippen LogP) is 4.31. The maximum absolute atomic E-state index is 6.37. The molecule has 0 atom stereocenters. The Balaban J connectivity index is 1.26. The van der Waals surface area contributed by atoms with Crippen molar-refractivity contribution < 1.29 is 4.74 Å². The van der Waals surface area contributed by atoms with Crippen LogP contribution in [0, 0.1) is 0 Å². The summed E-state index contributed by atoms with van der Waals surface area (Å²) in [5, 5.41) is 3.49. The summed E-state index contributed by atoms with van der Waals surface area (Å²) in [6.07, 6.45) is 2.19. The zero-order valence-electron chi connectivity index (χ0n) is 17.5. The van der Waals surface area contributed by atoms with Crippen LogP contribution in [-0.4, -0.2) is 43.2 Å². The highest BCUT2D eigenvalue weighted by atomic mass is 16.5. The molecule has 0 aromatic heterocycles. The van der Waals surface area contributed by atoms with Crippen LogP contribution in [0.15, 0.2) is 78.9 Å². The van der Waals surface area contributed by atoms with Crippen molar-refractivity contribution in [3.05, 3.63) is 95.6 Å². The fourth-order valence-corrected chi connectivity index (χ4v) is 5.01. The number of nitrogens with zero attached hydrogens (tertiary/aromatic N) is 1. The molecule has 0 radical (unpaired) electrons. The summed E-state index contributed by atoms with van der Waals surface area (Å²) in [5.41, 5.74) is 6.82. The Kier molecular flexibility index (Phi) is 5.67. The molecular formula is C27H30N2O. The van der Waals surface area contributed by atoms with E-state index in [0.717, 1.165) is 45.6 Å². The molecule has 3 nitrogen and oxygen atoms in total. The minimum absolute atomic E-state index is 0.0930. The molecule has 1 aliphatic heterocycles. The van der Waals surface area contributed by atoms with Gasteiger partial charge in [0.15, 0.2) is 0 Å². The summed E-state index contributed by atoms with van der Waals surface area (Å²) < 4.78 is 6.37. The van der Waals surface area contributed by atoms with E-state index in [1.54, 1.807) is 0 Å². The number of piperazine rings is 1. The molecule has 0 unspecified atom stereocenters. The van der Waals surface area contributed by atoms with E-state index in [9.17, 15) is 0 Å². The molecule has 0 saturated carbocycles. The highest BCUT2D eigenvalue weighted by Gasteiger charge is 2.42. The van der Waals surface area contributed by atoms with Crippen molar-refractivity contribution in [2.75, 3.05) is 32.8 Å². The lowest BCUT2D eigenvalue weighted by atomic mass is 9.93. The van der Waals surface area contributed by atoms with Crippen LogP contribution < -0.4 is 5.32 Å². The van der Waals surface area contributed by atoms with Gasteiger partial charge in [-0.05, 0) is 40.7 Å². The van der Waals surface area contributed by atoms with Crippen molar-refractivity contribution in [3.8, 4) is 11.1 Å². The number of hydrogen-bond donors (Lipinski definition) is 1. The maximum atomic E-state index is 6.37. The van der Waals surface area contributed by atoms with E-state index < -0.39 is 0 Å². The van der Waals surface area contributed by atoms with Crippen molar-refractivity contribution in [1.29, 1.82) is 0 Å². The molecule has 1 aliphatic carbocycles. The van der Waals surface area contributed by atoms with Gasteiger partial charge < -0.3 is 10.1 Å². The van der Waals surface area contributed by atoms with Gasteiger partial charge in [0.1, 0.15) is 0 Å². The van der Waals surface area contributed by atoms with Gasteiger partial charge in [-0.15, -0.1) is 0 Å². The van der Waals surface area contributed by atoms with E-state index >= 15 is 0 Å². The van der Waals surface area contributed by atoms with Crippen LogP contribution in [0.25, 0.3) is 11.1 Å². The Hall–Kier alpha value is -2.46. The fourth-order valence-electron chi connectivity index (χ4n) is 5.01. The molecule has 1 heterocycles. The number of rotatable bonds is 6. The molecule has 3 heteroatoms. The van der Waals surface area contributed by atoms with Crippen LogP contribution >= 0.6 is 0 Å². The van der Waals surface area contributed by atoms with Crippen molar-refractivity contribution in [1.82, 2.24) is 10.2 Å². The molecular weight excluding hydrogens is 368 g/mol. The molecule has 3 aromatic carbocycles. The minimum Gasteiger partial charge on any atom is -0.375 e. The van der Waals surface area contributed by atoms with Gasteiger partial charge in [0.05, 0.1) is 18.8 Å². The van der Waals surface area contributed by atoms with E-state index in [2.05, 4.69) is 89.1 Å². The van der Waals surface area contributed by atoms with Crippen LogP contribution in [0.1, 0.15) is 16.7 Å². The Labute approximate surface area is 179 Å². The first kappa shape index (κ1) is 19.5. The van der Waals surface area contributed by atoms with Gasteiger partial charge in [-0.3, -0.25) is 4.90 Å². The fraction of sp³-hybridized carbons (Fsp3) is 0.333. The third kappa shape index (κ3) is 4.06. The maximum Gasteiger partial charge on any atom is 0.0717 e. The van der Waals surface area contributed by atoms with E-state index in [-0.39, 0.29) is 5.54 Å². The number of hydrogen-bond acceptors (Lipinski definition) is 3. The normalized spacial score (nSPS) is 18.3. The quantitative estimate of drug-likeness (QED) is 0.670. The lowest BCUT2D eigenvalue weighted by molar-refractivity contribution is -0.0158. The predicted molar refractivity (Wildman–Crippen MR) is 123 cm³/mol. The third-order valence-corrected chi connectivity index (χ3v) is 6.65. The Morgan fingerprint density at radius 1 is 0.733 bits per heavy atom. The van der Waals surface area contributed by atoms with Crippen LogP contribution in [0.5, 0.6) is 0 Å². The lowest BCUT2D eigenvalue weighted by Crippen LogP contribution is -2.59. The Bertz CT molecular complexity index is 937. The Morgan fingerprint density at radius 3 is 2.00 bits per heavy atom. The molecule has 0 bridgehead atoms. The summed E-state index contributed by atoms with van der Waals surface area (Å²) in [5.74, 6) is 0. The summed E-state index contributed by atoms with van der Waals surface area (Å²) in [6, 6.07) is 28.3. The molecule has 5 rings (SSSR count). The molecule has 0 spiro atoms. The molecule has 1 fully saturated rings. The minimum atomic E-state index is 0.0930. The van der Waals surface area contributed by atoms with Crippen LogP contribution in [-0.2, 0) is 24.2 Å². The second-order valence-corrected chi connectivity index (χ2v) is 8.64. The molecule has 2 aliphatic rings. The van der Waals surface area contributed by atoms with Gasteiger partial charge in [0, 0.05) is 26.2 Å². The number of ether oxygens (including phenoxy) is 1. The SMILES string of the molecule is c1ccc(-c2ccc(COCC3(N4CCNCC4)Cc4ccccc4C3)cc2)cc1. The van der Waals surface area contributed by atoms with Gasteiger partial charge in [-0.25, -0.2) is 0 Å². The van der Waals surface area contributed by atoms with E-state index in [1.807, 2.05) is 0 Å². The smallest absolute Gasteiger partial charge is 0.0717 e. The van der Waals surface area contributed by atoms with E-state index in [4.69, 9.17) is 4.74 Å². The highest BCUT2D eigenvalue weighted by molar-refractivity contribution is 5.63. The monoisotopic (exact) mass is 398 g/mol. The summed E-state index contributed by atoms with van der Waals surface area (Å²) in [6.45, 7) is 5.78. The first-order valence-electron chi connectivity index (χ1n) is 11.1. The highest BCUT2D eigenvalue weighted by Crippen LogP contribution is 2.35. The molecule has 154 valence electrons. The van der Waals surface area contributed by atoms with Gasteiger partial charge in [0.2, 0.25) is 0 Å². The average Bonchev–Trinajstić information content (AvgIpc) is 3.20. The second kappa shape index (κ2) is 8.73. The first-order chi connectivity index (χ1) is 14.8. The van der Waals surface area contributed by atoms with Gasteiger partial charge in [-0.1, -0.05) is 78.9 Å². The zero-order valence-corrected chi connectivity index (χ0v) is 17.5. The number of benzene rings is 3. The van der Waals surface area contributed by atoms with Gasteiger partial charge in [-0.2, -0.15) is 0 Å². The van der Waals surface area contributed by atoms with Crippen LogP contribution in [0.4, 0.5) is 0 Å². The summed E-state index contributed by atoms with van der Waals surface area (Å²) in [7, 11) is 0. The van der Waals surface area contributed by atoms with Crippen LogP contribution in [0.2, 0.25) is 0 Å². The second-order valence-electron chi connectivity index (χ2n) is 8.64. The molecule has 1 saturated heterocycles. The molecule has 30 heavy (non-hydrogen) atoms. The summed E-state index contributed by atoms with van der Waals surface area (Å²) in [4.78, 5) is 2.67. The number of nitrogens with one attached hydrogen (secondary N) is 1. The van der Waals surface area contributed by atoms with E-state index in [0.29, 0.717) is 6.61 Å². The molecule has 0 amide bonds. The molecule has 1 N–H and O–H groups in total. The Morgan fingerprint density at radius 2 is 1.33 bits per heavy atom. The topological polar surface area (TPSA) is 24.5 Å². The first-order valence-corrected chi connectivity index (χ1v) is 11.1. The third-order valence-electron chi connectivity index (χ3n) is 6.65. The average molecular weight is 399 g/mol. The lowest BCUT2D eigenvalue weighted by Gasteiger charge is -2.43. The van der Waals surface area contributed by atoms with Crippen molar-refractivity contribution >= 4 is 0 Å². The van der Waals surface area contributed by atoms with Crippen molar-refractivity contribution in [3.63, 3.8) is 0 Å². The van der Waals surface area contributed by atoms with Crippen LogP contribution in [0.3, 0.4) is 0 Å². The molecule has 3 aromatic rings. The number of fused-ring (bicyclic) bond motifs is 1. The summed E-state index contributed by atoms with van der Waals surface area (Å²) >= 11 is 0. The van der Waals surface area contributed by atoms with Gasteiger partial charge in [0.25, 0.3) is 0 Å². The zero-order chi connectivity index (χ0) is 20.2.